The molecule has 11 heteroatoms. The molecule has 0 saturated heterocycles. The fourth-order valence-corrected chi connectivity index (χ4v) is 3.77. The third-order valence-electron chi connectivity index (χ3n) is 5.23. The summed E-state index contributed by atoms with van der Waals surface area (Å²) in [6.45, 7) is 2.34. The van der Waals surface area contributed by atoms with Crippen LogP contribution < -0.4 is 24.8 Å². The number of hydrogen-bond donors (Lipinski definition) is 3. The fraction of sp³-hybridized carbons (Fsp3) is 0.200. The van der Waals surface area contributed by atoms with E-state index in [-0.39, 0.29) is 0 Å². The molecule has 0 aliphatic heterocycles. The van der Waals surface area contributed by atoms with E-state index in [1.165, 1.54) is 4.31 Å². The number of nitrogens with zero attached hydrogens (tertiary/aromatic N) is 4. The number of thiol groups is 1. The average Bonchev–Trinajstić information content (AvgIpc) is 2.87. The minimum absolute atomic E-state index is 0.329. The van der Waals surface area contributed by atoms with Crippen LogP contribution in [0.2, 0.25) is 0 Å². The van der Waals surface area contributed by atoms with E-state index in [2.05, 4.69) is 38.4 Å². The van der Waals surface area contributed by atoms with Gasteiger partial charge in [0.15, 0.2) is 23.0 Å². The molecule has 2 N–H and O–H groups in total. The predicted molar refractivity (Wildman–Crippen MR) is 141 cm³/mol. The normalized spacial score (nSPS) is 10.6. The maximum Gasteiger partial charge on any atom is 0.333 e. The van der Waals surface area contributed by atoms with E-state index in [0.717, 1.165) is 11.1 Å². The van der Waals surface area contributed by atoms with Gasteiger partial charge in [-0.15, -0.1) is 0 Å². The summed E-state index contributed by atoms with van der Waals surface area (Å²) < 4.78 is 17.4. The summed E-state index contributed by atoms with van der Waals surface area (Å²) in [7, 11) is 4.63. The van der Waals surface area contributed by atoms with Crippen LogP contribution >= 0.6 is 12.8 Å². The maximum absolute atomic E-state index is 12.6. The summed E-state index contributed by atoms with van der Waals surface area (Å²) in [5.41, 5.74) is 3.67. The molecule has 0 aliphatic carbocycles. The Labute approximate surface area is 214 Å². The molecule has 0 unspecified atom stereocenters. The van der Waals surface area contributed by atoms with Gasteiger partial charge in [-0.2, -0.15) is 0 Å². The van der Waals surface area contributed by atoms with Gasteiger partial charge in [-0.05, 0) is 24.6 Å². The number of aromatic nitrogens is 3. The molecule has 4 rings (SSSR count). The minimum Gasteiger partial charge on any atom is -0.493 e. The van der Waals surface area contributed by atoms with Crippen molar-refractivity contribution < 1.29 is 19.0 Å². The molecule has 2 aromatic carbocycles. The van der Waals surface area contributed by atoms with Crippen LogP contribution in [-0.4, -0.2) is 46.6 Å². The maximum atomic E-state index is 12.6. The number of ether oxygens (including phenoxy) is 3. The van der Waals surface area contributed by atoms with Gasteiger partial charge >= 0.3 is 6.03 Å². The lowest BCUT2D eigenvalue weighted by Crippen LogP contribution is -2.27. The molecule has 186 valence electrons. The van der Waals surface area contributed by atoms with Crippen molar-refractivity contribution in [2.45, 2.75) is 13.5 Å². The minimum atomic E-state index is -0.411. The molecule has 0 radical (unpaired) electrons. The number of nitrogens with one attached hydrogen (secondary N) is 2. The van der Waals surface area contributed by atoms with Gasteiger partial charge in [-0.25, -0.2) is 19.7 Å². The lowest BCUT2D eigenvalue weighted by atomic mass is 10.1. The summed E-state index contributed by atoms with van der Waals surface area (Å²) in [5.74, 6) is 2.26. The molecule has 0 atom stereocenters. The van der Waals surface area contributed by atoms with Crippen molar-refractivity contribution in [1.29, 1.82) is 0 Å². The van der Waals surface area contributed by atoms with Crippen LogP contribution in [0.1, 0.15) is 11.1 Å². The number of aryl methyl sites for hydroxylation is 1. The molecule has 0 saturated carbocycles. The third kappa shape index (κ3) is 5.69. The molecule has 10 nitrogen and oxygen atoms in total. The Bertz CT molecular complexity index is 1380. The number of carbonyl (C=O) groups is 1. The van der Waals surface area contributed by atoms with Gasteiger partial charge < -0.3 is 19.5 Å². The zero-order chi connectivity index (χ0) is 25.7. The quantitative estimate of drug-likeness (QED) is 0.287. The average molecular weight is 507 g/mol. The number of fused-ring (bicyclic) bond motifs is 1. The first kappa shape index (κ1) is 24.9. The van der Waals surface area contributed by atoms with Crippen molar-refractivity contribution in [2.75, 3.05) is 32.0 Å². The second-order valence-electron chi connectivity index (χ2n) is 7.81. The topological polar surface area (TPSA) is 111 Å². The van der Waals surface area contributed by atoms with E-state index in [1.807, 2.05) is 31.2 Å². The van der Waals surface area contributed by atoms with Gasteiger partial charge in [0.2, 0.25) is 5.75 Å². The lowest BCUT2D eigenvalue weighted by Gasteiger charge is -2.16. The summed E-state index contributed by atoms with van der Waals surface area (Å²) in [6, 6.07) is 14.4. The van der Waals surface area contributed by atoms with Crippen molar-refractivity contribution in [3.8, 4) is 17.2 Å². The number of pyridine rings is 1. The molecule has 0 spiro atoms. The number of urea groups is 1. The first-order chi connectivity index (χ1) is 17.4. The van der Waals surface area contributed by atoms with E-state index < -0.39 is 6.03 Å². The Morgan fingerprint density at radius 1 is 0.972 bits per heavy atom. The van der Waals surface area contributed by atoms with Crippen molar-refractivity contribution in [2.24, 2.45) is 0 Å². The second-order valence-corrected chi connectivity index (χ2v) is 8.29. The van der Waals surface area contributed by atoms with E-state index >= 15 is 0 Å². The van der Waals surface area contributed by atoms with Crippen LogP contribution in [0.25, 0.3) is 11.2 Å². The van der Waals surface area contributed by atoms with Crippen molar-refractivity contribution >= 4 is 47.3 Å². The highest BCUT2D eigenvalue weighted by Gasteiger charge is 2.15. The van der Waals surface area contributed by atoms with E-state index in [1.54, 1.807) is 51.8 Å². The van der Waals surface area contributed by atoms with Gasteiger partial charge in [0.05, 0.1) is 34.1 Å². The zero-order valence-electron chi connectivity index (χ0n) is 20.3. The lowest BCUT2D eigenvalue weighted by molar-refractivity contribution is 0.238. The number of carbonyl (C=O) groups excluding carboxylic acids is 1. The van der Waals surface area contributed by atoms with Crippen LogP contribution in [-0.2, 0) is 6.54 Å². The SMILES string of the molecule is COc1cc(Nc2cnc3ccc(NC(=O)N(S)Cc4cccc(C)c4)nc3n2)cc(OC)c1OC. The van der Waals surface area contributed by atoms with Gasteiger partial charge in [-0.1, -0.05) is 42.6 Å². The van der Waals surface area contributed by atoms with E-state index in [9.17, 15) is 4.79 Å². The number of hydrogen-bond acceptors (Lipinski definition) is 9. The molecule has 0 fully saturated rings. The third-order valence-corrected chi connectivity index (χ3v) is 5.55. The number of rotatable bonds is 8. The van der Waals surface area contributed by atoms with Gasteiger partial charge in [0.1, 0.15) is 11.3 Å². The highest BCUT2D eigenvalue weighted by molar-refractivity contribution is 7.78. The predicted octanol–water partition coefficient (Wildman–Crippen LogP) is 4.98. The van der Waals surface area contributed by atoms with Crippen LogP contribution in [0.4, 0.5) is 22.1 Å². The van der Waals surface area contributed by atoms with Crippen molar-refractivity contribution in [3.63, 3.8) is 0 Å². The van der Waals surface area contributed by atoms with E-state index in [4.69, 9.17) is 14.2 Å². The van der Waals surface area contributed by atoms with Crippen LogP contribution in [0.15, 0.2) is 54.7 Å². The van der Waals surface area contributed by atoms with Crippen molar-refractivity contribution in [3.05, 3.63) is 65.9 Å². The van der Waals surface area contributed by atoms with Gasteiger partial charge in [0, 0.05) is 17.8 Å². The molecule has 2 heterocycles. The highest BCUT2D eigenvalue weighted by atomic mass is 32.1. The standard InChI is InChI=1S/C25H26N6O4S/c1-15-6-5-7-16(10-15)14-31(36)25(32)30-21-9-8-18-24(28-21)29-22(13-26-18)27-17-11-19(33-2)23(35-4)20(12-17)34-3/h5-13,36H,14H2,1-4H3,(H2,27,28,29,30,32). The highest BCUT2D eigenvalue weighted by Crippen LogP contribution is 2.40. The number of benzene rings is 2. The van der Waals surface area contributed by atoms with Crippen LogP contribution in [0.5, 0.6) is 17.2 Å². The van der Waals surface area contributed by atoms with Crippen LogP contribution in [0.3, 0.4) is 0 Å². The number of anilines is 3. The first-order valence-electron chi connectivity index (χ1n) is 10.9. The fourth-order valence-electron chi connectivity index (χ4n) is 3.56. The largest absolute Gasteiger partial charge is 0.493 e. The smallest absolute Gasteiger partial charge is 0.333 e. The second kappa shape index (κ2) is 11.0. The molecular formula is C25H26N6O4S. The molecule has 0 bridgehead atoms. The molecule has 0 aliphatic rings. The Morgan fingerprint density at radius 3 is 2.36 bits per heavy atom. The van der Waals surface area contributed by atoms with Gasteiger partial charge in [0.25, 0.3) is 0 Å². The zero-order valence-corrected chi connectivity index (χ0v) is 21.2. The Morgan fingerprint density at radius 2 is 1.69 bits per heavy atom. The number of methoxy groups -OCH3 is 3. The first-order valence-corrected chi connectivity index (χ1v) is 11.3. The molecule has 4 aromatic rings. The van der Waals surface area contributed by atoms with E-state index in [0.29, 0.717) is 52.3 Å². The molecule has 2 amide bonds. The summed E-state index contributed by atoms with van der Waals surface area (Å²) in [6.07, 6.45) is 1.59. The summed E-state index contributed by atoms with van der Waals surface area (Å²) >= 11 is 4.32. The van der Waals surface area contributed by atoms with Gasteiger partial charge in [-0.3, -0.25) is 9.62 Å². The molecule has 2 aromatic heterocycles. The monoisotopic (exact) mass is 506 g/mol. The summed E-state index contributed by atoms with van der Waals surface area (Å²) in [4.78, 5) is 26.0. The Kier molecular flexibility index (Phi) is 7.59. The molecular weight excluding hydrogens is 480 g/mol. The summed E-state index contributed by atoms with van der Waals surface area (Å²) in [5, 5.41) is 5.92. The number of amides is 2. The van der Waals surface area contributed by atoms with Crippen molar-refractivity contribution in [1.82, 2.24) is 19.3 Å². The Hall–Kier alpha value is -4.25. The molecule has 36 heavy (non-hydrogen) atoms. The van der Waals surface area contributed by atoms with Crippen LogP contribution in [0, 0.1) is 6.92 Å². The Balaban J connectivity index is 1.51.